The van der Waals surface area contributed by atoms with Crippen LogP contribution in [0.1, 0.15) is 5.82 Å². The van der Waals surface area contributed by atoms with Gasteiger partial charge in [-0.3, -0.25) is 4.68 Å². The number of nitrogens with two attached hydrogens (primary N) is 1. The average molecular weight is 238 g/mol. The van der Waals surface area contributed by atoms with Crippen molar-refractivity contribution in [3.63, 3.8) is 0 Å². The number of nitrogens with zero attached hydrogens (tertiary/aromatic N) is 3. The second-order valence-corrected chi connectivity index (χ2v) is 3.25. The molecule has 3 N–H and O–H groups in total. The number of halogens is 3. The SMILES string of the molecule is Cn1ncnc1CC(N)(C(=O)O)C(F)(F)F. The molecule has 0 bridgehead atoms. The zero-order valence-corrected chi connectivity index (χ0v) is 8.19. The molecule has 90 valence electrons. The maximum absolute atomic E-state index is 12.5. The van der Waals surface area contributed by atoms with E-state index in [4.69, 9.17) is 10.8 Å². The van der Waals surface area contributed by atoms with Crippen molar-refractivity contribution in [2.75, 3.05) is 0 Å². The van der Waals surface area contributed by atoms with Crippen LogP contribution in [0.4, 0.5) is 13.2 Å². The maximum Gasteiger partial charge on any atom is 0.417 e. The summed E-state index contributed by atoms with van der Waals surface area (Å²) in [5.41, 5.74) is 1.52. The molecule has 0 radical (unpaired) electrons. The van der Waals surface area contributed by atoms with Gasteiger partial charge in [-0.1, -0.05) is 0 Å². The van der Waals surface area contributed by atoms with E-state index < -0.39 is 24.1 Å². The normalized spacial score (nSPS) is 15.8. The molecule has 0 aliphatic rings. The third kappa shape index (κ3) is 1.98. The number of rotatable bonds is 3. The lowest BCUT2D eigenvalue weighted by Crippen LogP contribution is -2.61. The van der Waals surface area contributed by atoms with E-state index in [-0.39, 0.29) is 5.82 Å². The highest BCUT2D eigenvalue weighted by Crippen LogP contribution is 2.31. The second-order valence-electron chi connectivity index (χ2n) is 3.25. The van der Waals surface area contributed by atoms with Crippen molar-refractivity contribution in [1.82, 2.24) is 14.8 Å². The number of hydrogen-bond acceptors (Lipinski definition) is 4. The molecule has 0 aliphatic heterocycles. The van der Waals surface area contributed by atoms with E-state index in [0.717, 1.165) is 11.0 Å². The first-order valence-electron chi connectivity index (χ1n) is 4.10. The predicted molar refractivity (Wildman–Crippen MR) is 45.3 cm³/mol. The van der Waals surface area contributed by atoms with Crippen LogP contribution in [0.15, 0.2) is 6.33 Å². The molecule has 0 fully saturated rings. The summed E-state index contributed by atoms with van der Waals surface area (Å²) in [6, 6.07) is 0. The first kappa shape index (κ1) is 12.4. The Morgan fingerprint density at radius 3 is 2.50 bits per heavy atom. The van der Waals surface area contributed by atoms with Crippen molar-refractivity contribution in [2.45, 2.75) is 18.1 Å². The molecule has 1 aromatic rings. The molecule has 1 rings (SSSR count). The van der Waals surface area contributed by atoms with E-state index in [1.54, 1.807) is 0 Å². The largest absolute Gasteiger partial charge is 0.480 e. The van der Waals surface area contributed by atoms with Gasteiger partial charge in [0.15, 0.2) is 0 Å². The van der Waals surface area contributed by atoms with Gasteiger partial charge in [-0.15, -0.1) is 0 Å². The van der Waals surface area contributed by atoms with E-state index >= 15 is 0 Å². The van der Waals surface area contributed by atoms with E-state index in [0.29, 0.717) is 0 Å². The molecule has 0 aromatic carbocycles. The Kier molecular flexibility index (Phi) is 2.91. The molecule has 1 aromatic heterocycles. The lowest BCUT2D eigenvalue weighted by molar-refractivity contribution is -0.202. The monoisotopic (exact) mass is 238 g/mol. The Morgan fingerprint density at radius 1 is 1.62 bits per heavy atom. The molecule has 16 heavy (non-hydrogen) atoms. The summed E-state index contributed by atoms with van der Waals surface area (Å²) >= 11 is 0. The molecule has 1 unspecified atom stereocenters. The molecular weight excluding hydrogens is 229 g/mol. The van der Waals surface area contributed by atoms with Gasteiger partial charge in [0.05, 0.1) is 0 Å². The van der Waals surface area contributed by atoms with Crippen LogP contribution < -0.4 is 5.73 Å². The van der Waals surface area contributed by atoms with Crippen LogP contribution >= 0.6 is 0 Å². The average Bonchev–Trinajstić information content (AvgIpc) is 2.49. The third-order valence-electron chi connectivity index (χ3n) is 2.13. The number of alkyl halides is 3. The van der Waals surface area contributed by atoms with Crippen molar-refractivity contribution in [1.29, 1.82) is 0 Å². The molecule has 1 atom stereocenters. The molecule has 0 amide bonds. The highest BCUT2D eigenvalue weighted by molar-refractivity contribution is 5.80. The van der Waals surface area contributed by atoms with Gasteiger partial charge in [0.1, 0.15) is 12.2 Å². The predicted octanol–water partition coefficient (Wildman–Crippen LogP) is -0.298. The number of aliphatic carboxylic acids is 1. The Bertz CT molecular complexity index is 403. The minimum atomic E-state index is -5.06. The van der Waals surface area contributed by atoms with Gasteiger partial charge >= 0.3 is 12.1 Å². The molecular formula is C7H9F3N4O2. The summed E-state index contributed by atoms with van der Waals surface area (Å²) < 4.78 is 38.6. The van der Waals surface area contributed by atoms with Crippen LogP contribution in [-0.2, 0) is 18.3 Å². The van der Waals surface area contributed by atoms with Crippen LogP contribution in [0.3, 0.4) is 0 Å². The summed E-state index contributed by atoms with van der Waals surface area (Å²) in [6.07, 6.45) is -5.01. The van der Waals surface area contributed by atoms with E-state index in [1.165, 1.54) is 7.05 Å². The third-order valence-corrected chi connectivity index (χ3v) is 2.13. The number of aromatic nitrogens is 3. The Morgan fingerprint density at radius 2 is 2.19 bits per heavy atom. The lowest BCUT2D eigenvalue weighted by Gasteiger charge is -2.26. The number of carboxylic acid groups (broad SMARTS) is 1. The minimum Gasteiger partial charge on any atom is -0.480 e. The van der Waals surface area contributed by atoms with Gasteiger partial charge in [0, 0.05) is 13.5 Å². The lowest BCUT2D eigenvalue weighted by atomic mass is 9.95. The molecule has 9 heteroatoms. The van der Waals surface area contributed by atoms with Crippen molar-refractivity contribution in [2.24, 2.45) is 12.8 Å². The molecule has 0 spiro atoms. The number of carboxylic acids is 1. The van der Waals surface area contributed by atoms with Crippen molar-refractivity contribution >= 4 is 5.97 Å². The smallest absolute Gasteiger partial charge is 0.417 e. The molecule has 0 aliphatic carbocycles. The van der Waals surface area contributed by atoms with Crippen molar-refractivity contribution < 1.29 is 23.1 Å². The standard InChI is InChI=1S/C7H9F3N4O2/c1-14-4(12-3-13-14)2-6(11,5(15)16)7(8,9)10/h3H,2,11H2,1H3,(H,15,16). The highest BCUT2D eigenvalue weighted by atomic mass is 19.4. The van der Waals surface area contributed by atoms with Crippen LogP contribution in [0.2, 0.25) is 0 Å². The first-order valence-corrected chi connectivity index (χ1v) is 4.10. The van der Waals surface area contributed by atoms with Gasteiger partial charge < -0.3 is 10.8 Å². The van der Waals surface area contributed by atoms with Crippen molar-refractivity contribution in [3.05, 3.63) is 12.2 Å². The fraction of sp³-hybridized carbons (Fsp3) is 0.571. The highest BCUT2D eigenvalue weighted by Gasteiger charge is 2.58. The summed E-state index contributed by atoms with van der Waals surface area (Å²) in [7, 11) is 1.35. The first-order chi connectivity index (χ1) is 7.18. The zero-order valence-electron chi connectivity index (χ0n) is 8.19. The van der Waals surface area contributed by atoms with E-state index in [9.17, 15) is 18.0 Å². The number of aryl methyl sites for hydroxylation is 1. The molecule has 0 saturated heterocycles. The van der Waals surface area contributed by atoms with E-state index in [1.807, 2.05) is 0 Å². The zero-order chi connectivity index (χ0) is 12.6. The van der Waals surface area contributed by atoms with Crippen LogP contribution in [0.5, 0.6) is 0 Å². The number of carbonyl (C=O) groups is 1. The summed E-state index contributed by atoms with van der Waals surface area (Å²) in [6.45, 7) is 0. The van der Waals surface area contributed by atoms with E-state index in [2.05, 4.69) is 10.1 Å². The fourth-order valence-electron chi connectivity index (χ4n) is 1.03. The van der Waals surface area contributed by atoms with Gasteiger partial charge in [-0.2, -0.15) is 18.3 Å². The summed E-state index contributed by atoms with van der Waals surface area (Å²) in [5, 5.41) is 12.1. The Balaban J connectivity index is 3.07. The van der Waals surface area contributed by atoms with Crippen molar-refractivity contribution in [3.8, 4) is 0 Å². The topological polar surface area (TPSA) is 94.0 Å². The van der Waals surface area contributed by atoms with Crippen LogP contribution in [-0.4, -0.2) is 37.6 Å². The number of hydrogen-bond donors (Lipinski definition) is 2. The van der Waals surface area contributed by atoms with Gasteiger partial charge in [0.2, 0.25) is 5.54 Å². The van der Waals surface area contributed by atoms with Gasteiger partial charge in [-0.05, 0) is 0 Å². The molecule has 0 saturated carbocycles. The maximum atomic E-state index is 12.5. The Hall–Kier alpha value is -1.64. The second kappa shape index (κ2) is 3.74. The van der Waals surface area contributed by atoms with Gasteiger partial charge in [-0.25, -0.2) is 9.78 Å². The Labute approximate surface area is 87.9 Å². The van der Waals surface area contributed by atoms with Crippen LogP contribution in [0.25, 0.3) is 0 Å². The molecule has 6 nitrogen and oxygen atoms in total. The minimum absolute atomic E-state index is 0.151. The fourth-order valence-corrected chi connectivity index (χ4v) is 1.03. The quantitative estimate of drug-likeness (QED) is 0.754. The summed E-state index contributed by atoms with van der Waals surface area (Å²) in [4.78, 5) is 14.1. The summed E-state index contributed by atoms with van der Waals surface area (Å²) in [5.74, 6) is -2.30. The van der Waals surface area contributed by atoms with Crippen LogP contribution in [0, 0.1) is 0 Å². The molecule has 1 heterocycles. The van der Waals surface area contributed by atoms with Gasteiger partial charge in [0.25, 0.3) is 0 Å².